The molecule has 1 aliphatic heterocycles. The lowest BCUT2D eigenvalue weighted by Crippen LogP contribution is -2.36. The number of carbonyl (C=O) groups is 3. The Kier molecular flexibility index (Phi) is 6.93. The Labute approximate surface area is 149 Å². The SMILES string of the molecule is C[C@@H](OC(=O)CCN1CCSC1=O)C(=O)NCc1ccccc1Cl. The Morgan fingerprint density at radius 3 is 2.83 bits per heavy atom. The van der Waals surface area contributed by atoms with Crippen LogP contribution in [-0.4, -0.2) is 47.0 Å². The van der Waals surface area contributed by atoms with Gasteiger partial charge < -0.3 is 15.0 Å². The van der Waals surface area contributed by atoms with Gasteiger partial charge in [0.15, 0.2) is 6.10 Å². The summed E-state index contributed by atoms with van der Waals surface area (Å²) in [5.41, 5.74) is 0.788. The molecule has 1 aromatic carbocycles. The summed E-state index contributed by atoms with van der Waals surface area (Å²) in [6.07, 6.45) is -0.822. The van der Waals surface area contributed by atoms with E-state index in [1.165, 1.54) is 18.7 Å². The molecule has 0 aromatic heterocycles. The van der Waals surface area contributed by atoms with E-state index in [0.29, 0.717) is 18.1 Å². The highest BCUT2D eigenvalue weighted by Crippen LogP contribution is 2.17. The Balaban J connectivity index is 1.71. The quantitative estimate of drug-likeness (QED) is 0.746. The van der Waals surface area contributed by atoms with Crippen molar-refractivity contribution in [1.82, 2.24) is 10.2 Å². The van der Waals surface area contributed by atoms with Gasteiger partial charge in [0, 0.05) is 30.4 Å². The predicted molar refractivity (Wildman–Crippen MR) is 92.9 cm³/mol. The van der Waals surface area contributed by atoms with Crippen LogP contribution in [0.5, 0.6) is 0 Å². The first-order valence-corrected chi connectivity index (χ1v) is 8.96. The highest BCUT2D eigenvalue weighted by atomic mass is 35.5. The molecule has 0 unspecified atom stereocenters. The first-order chi connectivity index (χ1) is 11.5. The molecule has 1 aromatic rings. The molecule has 130 valence electrons. The van der Waals surface area contributed by atoms with Crippen LogP contribution in [0, 0.1) is 0 Å². The van der Waals surface area contributed by atoms with Gasteiger partial charge in [-0.2, -0.15) is 0 Å². The van der Waals surface area contributed by atoms with Gasteiger partial charge in [0.1, 0.15) is 0 Å². The van der Waals surface area contributed by atoms with Crippen molar-refractivity contribution in [3.63, 3.8) is 0 Å². The van der Waals surface area contributed by atoms with Gasteiger partial charge in [-0.15, -0.1) is 0 Å². The van der Waals surface area contributed by atoms with Crippen LogP contribution in [0.4, 0.5) is 4.79 Å². The second-order valence-corrected chi connectivity index (χ2v) is 6.75. The largest absolute Gasteiger partial charge is 0.452 e. The van der Waals surface area contributed by atoms with Crippen LogP contribution in [0.1, 0.15) is 18.9 Å². The molecule has 0 bridgehead atoms. The minimum Gasteiger partial charge on any atom is -0.452 e. The Hall–Kier alpha value is -1.73. The van der Waals surface area contributed by atoms with Gasteiger partial charge >= 0.3 is 5.97 Å². The van der Waals surface area contributed by atoms with E-state index in [2.05, 4.69) is 5.32 Å². The number of nitrogens with zero attached hydrogens (tertiary/aromatic N) is 1. The number of rotatable bonds is 7. The summed E-state index contributed by atoms with van der Waals surface area (Å²) in [5, 5.41) is 3.23. The normalized spacial score (nSPS) is 15.2. The molecule has 1 saturated heterocycles. The molecule has 8 heteroatoms. The number of benzene rings is 1. The summed E-state index contributed by atoms with van der Waals surface area (Å²) in [6.45, 7) is 2.74. The van der Waals surface area contributed by atoms with Gasteiger partial charge in [-0.1, -0.05) is 41.6 Å². The molecule has 0 saturated carbocycles. The fourth-order valence-corrected chi connectivity index (χ4v) is 3.19. The van der Waals surface area contributed by atoms with E-state index in [-0.39, 0.29) is 18.2 Å². The van der Waals surface area contributed by atoms with Crippen LogP contribution in [0.3, 0.4) is 0 Å². The number of ether oxygens (including phenoxy) is 1. The zero-order valence-corrected chi connectivity index (χ0v) is 14.9. The van der Waals surface area contributed by atoms with Crippen molar-refractivity contribution in [2.24, 2.45) is 0 Å². The molecular weight excluding hydrogens is 352 g/mol. The Bertz CT molecular complexity index is 626. The molecule has 1 atom stereocenters. The maximum Gasteiger partial charge on any atom is 0.308 e. The summed E-state index contributed by atoms with van der Waals surface area (Å²) < 4.78 is 5.10. The fourth-order valence-electron chi connectivity index (χ4n) is 2.13. The van der Waals surface area contributed by atoms with E-state index in [9.17, 15) is 14.4 Å². The third kappa shape index (κ3) is 5.42. The third-order valence-corrected chi connectivity index (χ3v) is 4.78. The van der Waals surface area contributed by atoms with E-state index >= 15 is 0 Å². The van der Waals surface area contributed by atoms with Crippen molar-refractivity contribution in [3.05, 3.63) is 34.9 Å². The smallest absolute Gasteiger partial charge is 0.308 e. The lowest BCUT2D eigenvalue weighted by Gasteiger charge is -2.16. The van der Waals surface area contributed by atoms with E-state index in [0.717, 1.165) is 11.3 Å². The van der Waals surface area contributed by atoms with Crippen LogP contribution < -0.4 is 5.32 Å². The van der Waals surface area contributed by atoms with Crippen molar-refractivity contribution in [1.29, 1.82) is 0 Å². The van der Waals surface area contributed by atoms with Crippen LogP contribution in [0.2, 0.25) is 5.02 Å². The second-order valence-electron chi connectivity index (χ2n) is 5.29. The molecule has 1 heterocycles. The molecule has 0 aliphatic carbocycles. The second kappa shape index (κ2) is 8.94. The lowest BCUT2D eigenvalue weighted by atomic mass is 10.2. The number of esters is 1. The first kappa shape index (κ1) is 18.6. The Morgan fingerprint density at radius 1 is 1.42 bits per heavy atom. The average Bonchev–Trinajstić information content (AvgIpc) is 2.97. The van der Waals surface area contributed by atoms with E-state index < -0.39 is 18.0 Å². The zero-order valence-electron chi connectivity index (χ0n) is 13.3. The lowest BCUT2D eigenvalue weighted by molar-refractivity contribution is -0.155. The Morgan fingerprint density at radius 2 is 2.17 bits per heavy atom. The summed E-state index contributed by atoms with van der Waals surface area (Å²) in [7, 11) is 0. The van der Waals surface area contributed by atoms with Crippen molar-refractivity contribution < 1.29 is 19.1 Å². The van der Waals surface area contributed by atoms with Crippen LogP contribution in [0.25, 0.3) is 0 Å². The monoisotopic (exact) mass is 370 g/mol. The van der Waals surface area contributed by atoms with Gasteiger partial charge in [-0.3, -0.25) is 14.4 Å². The molecule has 24 heavy (non-hydrogen) atoms. The summed E-state index contributed by atoms with van der Waals surface area (Å²) in [5.74, 6) is -0.148. The topological polar surface area (TPSA) is 75.7 Å². The van der Waals surface area contributed by atoms with Crippen molar-refractivity contribution in [2.75, 3.05) is 18.8 Å². The van der Waals surface area contributed by atoms with E-state index in [1.54, 1.807) is 11.0 Å². The molecule has 0 spiro atoms. The number of hydrogen-bond donors (Lipinski definition) is 1. The highest BCUT2D eigenvalue weighted by Gasteiger charge is 2.23. The molecule has 2 amide bonds. The number of hydrogen-bond acceptors (Lipinski definition) is 5. The molecular formula is C16H19ClN2O4S. The average molecular weight is 371 g/mol. The molecule has 0 radical (unpaired) electrons. The number of carbonyl (C=O) groups excluding carboxylic acids is 3. The van der Waals surface area contributed by atoms with Crippen molar-refractivity contribution in [3.8, 4) is 0 Å². The predicted octanol–water partition coefficient (Wildman–Crippen LogP) is 2.45. The van der Waals surface area contributed by atoms with Crippen LogP contribution in [-0.2, 0) is 20.9 Å². The number of halogens is 1. The molecule has 6 nitrogen and oxygen atoms in total. The highest BCUT2D eigenvalue weighted by molar-refractivity contribution is 8.13. The molecule has 2 rings (SSSR count). The molecule has 1 fully saturated rings. The number of thioether (sulfide) groups is 1. The number of nitrogens with one attached hydrogen (secondary N) is 1. The summed E-state index contributed by atoms with van der Waals surface area (Å²) >= 11 is 7.26. The van der Waals surface area contributed by atoms with Gasteiger partial charge in [0.05, 0.1) is 6.42 Å². The first-order valence-electron chi connectivity index (χ1n) is 7.59. The fraction of sp³-hybridized carbons (Fsp3) is 0.438. The third-order valence-electron chi connectivity index (χ3n) is 3.52. The van der Waals surface area contributed by atoms with E-state index in [1.807, 2.05) is 18.2 Å². The van der Waals surface area contributed by atoms with Crippen LogP contribution in [0.15, 0.2) is 24.3 Å². The van der Waals surface area contributed by atoms with Gasteiger partial charge in [0.25, 0.3) is 11.1 Å². The van der Waals surface area contributed by atoms with Gasteiger partial charge in [0.2, 0.25) is 0 Å². The maximum absolute atomic E-state index is 12.0. The van der Waals surface area contributed by atoms with Gasteiger partial charge in [-0.25, -0.2) is 0 Å². The minimum atomic E-state index is -0.899. The minimum absolute atomic E-state index is 0.0201. The molecule has 1 aliphatic rings. The summed E-state index contributed by atoms with van der Waals surface area (Å²) in [4.78, 5) is 36.8. The van der Waals surface area contributed by atoms with E-state index in [4.69, 9.17) is 16.3 Å². The number of amides is 2. The summed E-state index contributed by atoms with van der Waals surface area (Å²) in [6, 6.07) is 7.19. The zero-order chi connectivity index (χ0) is 17.5. The van der Waals surface area contributed by atoms with Crippen molar-refractivity contribution >= 4 is 40.5 Å². The maximum atomic E-state index is 12.0. The standard InChI is InChI=1S/C16H19ClN2O4S/c1-11(15(21)18-10-12-4-2-3-5-13(12)17)23-14(20)6-7-19-8-9-24-16(19)22/h2-5,11H,6-10H2,1H3,(H,18,21)/t11-/m1/s1. The van der Waals surface area contributed by atoms with Crippen molar-refractivity contribution in [2.45, 2.75) is 26.0 Å². The molecule has 1 N–H and O–H groups in total. The van der Waals surface area contributed by atoms with Gasteiger partial charge in [-0.05, 0) is 18.6 Å². The van der Waals surface area contributed by atoms with Crippen LogP contribution >= 0.6 is 23.4 Å².